The molecule has 0 bridgehead atoms. The molecule has 326 valence electrons. The fraction of sp³-hybridized carbons (Fsp3) is 0.625. The third-order valence-corrected chi connectivity index (χ3v) is 14.6. The molecular formula is C48H68N6O4S2. The van der Waals surface area contributed by atoms with Gasteiger partial charge in [-0.1, -0.05) is 32.1 Å². The molecule has 0 spiro atoms. The van der Waals surface area contributed by atoms with Crippen LogP contribution in [0.2, 0.25) is 0 Å². The minimum Gasteiger partial charge on any atom is -0.444 e. The molecule has 2 aromatic heterocycles. The molecule has 3 saturated heterocycles. The topological polar surface area (TPSA) is 91.3 Å². The molecule has 4 aliphatic heterocycles. The van der Waals surface area contributed by atoms with Crippen molar-refractivity contribution in [3.05, 3.63) is 63.6 Å². The van der Waals surface area contributed by atoms with Crippen molar-refractivity contribution >= 4 is 60.9 Å². The van der Waals surface area contributed by atoms with E-state index in [1.54, 1.807) is 11.3 Å². The highest BCUT2D eigenvalue weighted by Gasteiger charge is 2.36. The van der Waals surface area contributed by atoms with Crippen molar-refractivity contribution in [3.8, 4) is 0 Å². The number of aromatic nitrogens is 2. The van der Waals surface area contributed by atoms with Gasteiger partial charge in [-0.05, 0) is 166 Å². The number of likely N-dealkylation sites (tertiary alicyclic amines) is 3. The summed E-state index contributed by atoms with van der Waals surface area (Å²) in [6.45, 7) is 21.8. The summed E-state index contributed by atoms with van der Waals surface area (Å²) in [5.74, 6) is 1.56. The van der Waals surface area contributed by atoms with Crippen LogP contribution in [0.25, 0.3) is 26.0 Å². The number of likely N-dealkylation sites (N-methyl/N-ethyl adjacent to an activating group) is 1. The molecule has 2 amide bonds. The molecule has 4 aliphatic rings. The molecule has 0 saturated carbocycles. The van der Waals surface area contributed by atoms with Crippen molar-refractivity contribution in [2.45, 2.75) is 130 Å². The van der Waals surface area contributed by atoms with Gasteiger partial charge in [0, 0.05) is 32.1 Å². The quantitative estimate of drug-likeness (QED) is 0.200. The van der Waals surface area contributed by atoms with E-state index in [0.29, 0.717) is 17.8 Å². The van der Waals surface area contributed by atoms with E-state index in [2.05, 4.69) is 80.2 Å². The maximum absolute atomic E-state index is 12.9. The van der Waals surface area contributed by atoms with Crippen LogP contribution in [-0.2, 0) is 9.47 Å². The molecule has 4 atom stereocenters. The number of ether oxygens (including phenoxy) is 2. The molecule has 0 N–H and O–H groups in total. The molecule has 10 nitrogen and oxygen atoms in total. The number of fused-ring (bicyclic) bond motifs is 2. The van der Waals surface area contributed by atoms with Crippen LogP contribution in [0.15, 0.2) is 42.5 Å². The van der Waals surface area contributed by atoms with Gasteiger partial charge in [0.25, 0.3) is 0 Å². The second kappa shape index (κ2) is 18.4. The van der Waals surface area contributed by atoms with Gasteiger partial charge in [-0.3, -0.25) is 0 Å². The maximum Gasteiger partial charge on any atom is 0.410 e. The Bertz CT molecular complexity index is 2160. The number of hydrogen-bond donors (Lipinski definition) is 0. The lowest BCUT2D eigenvalue weighted by Crippen LogP contribution is -2.44. The van der Waals surface area contributed by atoms with Crippen molar-refractivity contribution in [1.82, 2.24) is 29.6 Å². The molecule has 60 heavy (non-hydrogen) atoms. The summed E-state index contributed by atoms with van der Waals surface area (Å²) < 4.78 is 13.9. The summed E-state index contributed by atoms with van der Waals surface area (Å²) in [5.41, 5.74) is 4.85. The van der Waals surface area contributed by atoms with Crippen LogP contribution in [0.4, 0.5) is 9.59 Å². The Balaban J connectivity index is 0.000000181. The van der Waals surface area contributed by atoms with Gasteiger partial charge in [0.15, 0.2) is 0 Å². The SMILES string of the molecule is CC1CCC(c2ccc3sc(C4=CCN(C)CC4)nc3c2)N(C(=O)OC(C)(C)C)C1.CC1CCC(c2ccc3sc(C4CCN(C)CC4)nc3c2)N(C(=O)OC(C)(C)C)C1. The lowest BCUT2D eigenvalue weighted by atomic mass is 9.90. The van der Waals surface area contributed by atoms with Crippen LogP contribution in [0.3, 0.4) is 0 Å². The molecule has 4 unspecified atom stereocenters. The molecule has 4 aromatic rings. The van der Waals surface area contributed by atoms with E-state index in [0.717, 1.165) is 93.0 Å². The minimum absolute atomic E-state index is 0.0492. The van der Waals surface area contributed by atoms with Crippen molar-refractivity contribution < 1.29 is 19.1 Å². The average molecular weight is 857 g/mol. The predicted octanol–water partition coefficient (Wildman–Crippen LogP) is 11.5. The van der Waals surface area contributed by atoms with Crippen LogP contribution in [0.1, 0.15) is 139 Å². The minimum atomic E-state index is -0.488. The number of carbonyl (C=O) groups is 2. The first-order valence-corrected chi connectivity index (χ1v) is 23.9. The summed E-state index contributed by atoms with van der Waals surface area (Å²) >= 11 is 3.61. The highest BCUT2D eigenvalue weighted by molar-refractivity contribution is 7.19. The number of carbonyl (C=O) groups excluding carboxylic acids is 2. The summed E-state index contributed by atoms with van der Waals surface area (Å²) in [6.07, 6.45) is 9.49. The molecule has 2 aromatic carbocycles. The molecule has 0 aliphatic carbocycles. The van der Waals surface area contributed by atoms with Gasteiger partial charge in [-0.2, -0.15) is 0 Å². The van der Waals surface area contributed by atoms with E-state index < -0.39 is 11.2 Å². The Hall–Kier alpha value is -3.58. The van der Waals surface area contributed by atoms with Crippen LogP contribution in [-0.4, -0.2) is 106 Å². The third kappa shape index (κ3) is 11.1. The summed E-state index contributed by atoms with van der Waals surface area (Å²) in [4.78, 5) is 44.4. The largest absolute Gasteiger partial charge is 0.444 e. The number of thiazole rings is 2. The highest BCUT2D eigenvalue weighted by Crippen LogP contribution is 2.40. The number of benzene rings is 2. The second-order valence-corrected chi connectivity index (χ2v) is 22.1. The first-order chi connectivity index (χ1) is 28.4. The van der Waals surface area contributed by atoms with Crippen LogP contribution < -0.4 is 0 Å². The zero-order valence-electron chi connectivity index (χ0n) is 37.8. The van der Waals surface area contributed by atoms with E-state index in [1.807, 2.05) is 62.7 Å². The fourth-order valence-electron chi connectivity index (χ4n) is 8.90. The number of piperidine rings is 3. The second-order valence-electron chi connectivity index (χ2n) is 20.0. The van der Waals surface area contributed by atoms with Gasteiger partial charge < -0.3 is 29.1 Å². The van der Waals surface area contributed by atoms with E-state index in [1.165, 1.54) is 38.4 Å². The van der Waals surface area contributed by atoms with Crippen LogP contribution >= 0.6 is 22.7 Å². The normalized spacial score (nSPS) is 23.9. The summed E-state index contributed by atoms with van der Waals surface area (Å²) in [5, 5.41) is 2.41. The first-order valence-electron chi connectivity index (χ1n) is 22.3. The average Bonchev–Trinajstić information content (AvgIpc) is 3.81. The third-order valence-electron chi connectivity index (χ3n) is 12.3. The lowest BCUT2D eigenvalue weighted by molar-refractivity contribution is 0.00278. The monoisotopic (exact) mass is 856 g/mol. The van der Waals surface area contributed by atoms with Crippen LogP contribution in [0.5, 0.6) is 0 Å². The Labute approximate surface area is 366 Å². The number of amides is 2. The molecule has 8 rings (SSSR count). The Morgan fingerprint density at radius 2 is 1.18 bits per heavy atom. The Morgan fingerprint density at radius 1 is 0.667 bits per heavy atom. The zero-order chi connectivity index (χ0) is 42.9. The van der Waals surface area contributed by atoms with E-state index in [9.17, 15) is 9.59 Å². The molecule has 6 heterocycles. The van der Waals surface area contributed by atoms with Gasteiger partial charge in [-0.25, -0.2) is 19.6 Å². The van der Waals surface area contributed by atoms with Gasteiger partial charge in [0.2, 0.25) is 0 Å². The van der Waals surface area contributed by atoms with E-state index in [4.69, 9.17) is 19.4 Å². The van der Waals surface area contributed by atoms with Crippen molar-refractivity contribution in [2.24, 2.45) is 11.8 Å². The van der Waals surface area contributed by atoms with Gasteiger partial charge in [-0.15, -0.1) is 22.7 Å². The van der Waals surface area contributed by atoms with E-state index >= 15 is 0 Å². The molecular weight excluding hydrogens is 789 g/mol. The molecule has 12 heteroatoms. The molecule has 0 radical (unpaired) electrons. The lowest BCUT2D eigenvalue weighted by Gasteiger charge is -2.39. The van der Waals surface area contributed by atoms with Gasteiger partial charge in [0.1, 0.15) is 16.2 Å². The Morgan fingerprint density at radius 3 is 1.68 bits per heavy atom. The number of rotatable bonds is 4. The summed E-state index contributed by atoms with van der Waals surface area (Å²) in [6, 6.07) is 13.2. The van der Waals surface area contributed by atoms with Crippen LogP contribution in [0, 0.1) is 11.8 Å². The van der Waals surface area contributed by atoms with Crippen molar-refractivity contribution in [1.29, 1.82) is 0 Å². The smallest absolute Gasteiger partial charge is 0.410 e. The van der Waals surface area contributed by atoms with Gasteiger partial charge >= 0.3 is 12.2 Å². The number of nitrogens with zero attached hydrogens (tertiary/aromatic N) is 6. The highest BCUT2D eigenvalue weighted by atomic mass is 32.1. The predicted molar refractivity (Wildman–Crippen MR) is 247 cm³/mol. The first kappa shape index (κ1) is 44.5. The van der Waals surface area contributed by atoms with E-state index in [-0.39, 0.29) is 24.3 Å². The zero-order valence-corrected chi connectivity index (χ0v) is 39.4. The van der Waals surface area contributed by atoms with Gasteiger partial charge in [0.05, 0.1) is 37.5 Å². The standard InChI is InChI=1S/C24H35N3O2S.C24H33N3O2S/c2*1-16-6-8-20(27(15-16)23(28)29-24(2,3)4)18-7-9-21-19(14-18)25-22(30-21)17-10-12-26(5)13-11-17/h7,9,14,16-17,20H,6,8,10-13,15H2,1-5H3;7,9-10,14,16,20H,6,8,11-13,15H2,1-5H3. The summed E-state index contributed by atoms with van der Waals surface area (Å²) in [7, 11) is 4.35. The maximum atomic E-state index is 12.9. The van der Waals surface area contributed by atoms with Crippen molar-refractivity contribution in [3.63, 3.8) is 0 Å². The molecule has 3 fully saturated rings. The Kier molecular flexibility index (Phi) is 13.6. The van der Waals surface area contributed by atoms with Crippen molar-refractivity contribution in [2.75, 3.05) is 53.4 Å². The number of hydrogen-bond acceptors (Lipinski definition) is 10. The fourth-order valence-corrected chi connectivity index (χ4v) is 11.0.